The molecule has 6 heteroatoms. The molecule has 1 aromatic carbocycles. The highest BCUT2D eigenvalue weighted by Gasteiger charge is 2.32. The minimum atomic E-state index is -1.04. The van der Waals surface area contributed by atoms with Crippen molar-refractivity contribution in [2.45, 2.75) is 19.3 Å². The molecule has 106 valence electrons. The van der Waals surface area contributed by atoms with E-state index in [1.165, 1.54) is 18.4 Å². The molecule has 0 aliphatic heterocycles. The van der Waals surface area contributed by atoms with Crippen LogP contribution >= 0.6 is 11.3 Å². The second-order valence-corrected chi connectivity index (χ2v) is 5.71. The van der Waals surface area contributed by atoms with E-state index in [4.69, 9.17) is 4.74 Å². The summed E-state index contributed by atoms with van der Waals surface area (Å²) in [7, 11) is 1.48. The molecule has 1 aromatic heterocycles. The summed E-state index contributed by atoms with van der Waals surface area (Å²) < 4.78 is 4.98. The lowest BCUT2D eigenvalue weighted by Crippen LogP contribution is -2.28. The van der Waals surface area contributed by atoms with Crippen LogP contribution < -0.4 is 4.74 Å². The van der Waals surface area contributed by atoms with Crippen LogP contribution in [0.3, 0.4) is 0 Å². The van der Waals surface area contributed by atoms with E-state index in [0.717, 1.165) is 5.56 Å². The number of thiazole rings is 1. The van der Waals surface area contributed by atoms with Crippen molar-refractivity contribution in [2.24, 2.45) is 0 Å². The van der Waals surface area contributed by atoms with Gasteiger partial charge in [-0.05, 0) is 32.0 Å². The van der Waals surface area contributed by atoms with Crippen LogP contribution in [-0.4, -0.2) is 28.3 Å². The molecule has 2 aromatic rings. The Hall–Kier alpha value is -2.08. The van der Waals surface area contributed by atoms with E-state index in [-0.39, 0.29) is 5.75 Å². The van der Waals surface area contributed by atoms with E-state index in [1.807, 2.05) is 0 Å². The molecule has 2 N–H and O–H groups in total. The molecule has 0 aliphatic carbocycles. The Kier molecular flexibility index (Phi) is 3.67. The first-order chi connectivity index (χ1) is 9.36. The molecule has 20 heavy (non-hydrogen) atoms. The highest BCUT2D eigenvalue weighted by molar-refractivity contribution is 7.13. The maximum Gasteiger partial charge on any atom is 0.315 e. The lowest BCUT2D eigenvalue weighted by Gasteiger charge is -2.15. The first-order valence-corrected chi connectivity index (χ1v) is 6.81. The quantitative estimate of drug-likeness (QED) is 0.906. The molecule has 0 atom stereocenters. The largest absolute Gasteiger partial charge is 0.504 e. The number of aliphatic carboxylic acids is 1. The lowest BCUT2D eigenvalue weighted by atomic mass is 9.90. The fourth-order valence-electron chi connectivity index (χ4n) is 1.63. The molecular weight excluding hydrogens is 278 g/mol. The number of hydrogen-bond donors (Lipinski definition) is 2. The first-order valence-electron chi connectivity index (χ1n) is 5.93. The number of aromatic hydroxyl groups is 1. The minimum absolute atomic E-state index is 0.0271. The Morgan fingerprint density at radius 2 is 2.10 bits per heavy atom. The Balaban J connectivity index is 2.39. The van der Waals surface area contributed by atoms with Crippen LogP contribution in [0.4, 0.5) is 0 Å². The molecule has 0 radical (unpaired) electrons. The number of rotatable bonds is 4. The molecule has 1 heterocycles. The van der Waals surface area contributed by atoms with Crippen molar-refractivity contribution in [2.75, 3.05) is 7.11 Å². The van der Waals surface area contributed by atoms with Crippen molar-refractivity contribution in [3.05, 3.63) is 29.3 Å². The number of benzene rings is 1. The van der Waals surface area contributed by atoms with Crippen molar-refractivity contribution in [3.63, 3.8) is 0 Å². The Labute approximate surface area is 120 Å². The number of phenols is 1. The predicted octanol–water partition coefficient (Wildman–Crippen LogP) is 2.89. The smallest absolute Gasteiger partial charge is 0.315 e. The number of carboxylic acid groups (broad SMARTS) is 1. The molecule has 0 spiro atoms. The van der Waals surface area contributed by atoms with Gasteiger partial charge < -0.3 is 14.9 Å². The second kappa shape index (κ2) is 5.13. The van der Waals surface area contributed by atoms with Gasteiger partial charge in [-0.25, -0.2) is 4.98 Å². The topological polar surface area (TPSA) is 79.7 Å². The molecule has 0 saturated carbocycles. The van der Waals surface area contributed by atoms with Crippen LogP contribution in [-0.2, 0) is 10.2 Å². The van der Waals surface area contributed by atoms with Crippen molar-refractivity contribution >= 4 is 17.3 Å². The molecule has 2 rings (SSSR count). The van der Waals surface area contributed by atoms with Gasteiger partial charge in [-0.15, -0.1) is 11.3 Å². The van der Waals surface area contributed by atoms with Crippen LogP contribution in [0.1, 0.15) is 19.5 Å². The van der Waals surface area contributed by atoms with Crippen LogP contribution in [0.5, 0.6) is 11.5 Å². The third kappa shape index (κ3) is 2.46. The summed E-state index contributed by atoms with van der Waals surface area (Å²) in [6.45, 7) is 3.22. The zero-order chi connectivity index (χ0) is 14.9. The van der Waals surface area contributed by atoms with Gasteiger partial charge in [-0.1, -0.05) is 0 Å². The maximum absolute atomic E-state index is 11.2. The third-order valence-corrected chi connectivity index (χ3v) is 4.00. The average Bonchev–Trinajstić information content (AvgIpc) is 2.88. The number of carbonyl (C=O) groups is 1. The van der Waals surface area contributed by atoms with E-state index in [0.29, 0.717) is 16.5 Å². The van der Waals surface area contributed by atoms with E-state index in [1.54, 1.807) is 37.4 Å². The fraction of sp³-hybridized carbons (Fsp3) is 0.286. The van der Waals surface area contributed by atoms with Crippen molar-refractivity contribution < 1.29 is 19.7 Å². The predicted molar refractivity (Wildman–Crippen MR) is 76.4 cm³/mol. The molecular formula is C14H15NO4S. The normalized spacial score (nSPS) is 11.3. The number of methoxy groups -OCH3 is 1. The molecule has 5 nitrogen and oxygen atoms in total. The Bertz CT molecular complexity index is 648. The van der Waals surface area contributed by atoms with Gasteiger partial charge in [0.15, 0.2) is 11.5 Å². The van der Waals surface area contributed by atoms with Gasteiger partial charge >= 0.3 is 5.97 Å². The number of hydrogen-bond acceptors (Lipinski definition) is 5. The van der Waals surface area contributed by atoms with Crippen molar-refractivity contribution in [1.29, 1.82) is 0 Å². The lowest BCUT2D eigenvalue weighted by molar-refractivity contribution is -0.142. The average molecular weight is 293 g/mol. The molecule has 0 fully saturated rings. The SMILES string of the molecule is COc1ccc(-c2nc(C(C)(C)C(=O)O)cs2)cc1O. The summed E-state index contributed by atoms with van der Waals surface area (Å²) in [5.41, 5.74) is 0.185. The first kappa shape index (κ1) is 14.3. The van der Waals surface area contributed by atoms with Crippen LogP contribution in [0.2, 0.25) is 0 Å². The summed E-state index contributed by atoms with van der Waals surface area (Å²) in [5.74, 6) is -0.512. The molecule has 0 bridgehead atoms. The maximum atomic E-state index is 11.2. The molecule has 0 aliphatic rings. The number of carboxylic acids is 1. The van der Waals surface area contributed by atoms with Gasteiger partial charge in [0.2, 0.25) is 0 Å². The second-order valence-electron chi connectivity index (χ2n) is 4.85. The zero-order valence-corrected chi connectivity index (χ0v) is 12.2. The van der Waals surface area contributed by atoms with Crippen LogP contribution in [0.15, 0.2) is 23.6 Å². The molecule has 0 unspecified atom stereocenters. The van der Waals surface area contributed by atoms with Gasteiger partial charge in [-0.2, -0.15) is 0 Å². The van der Waals surface area contributed by atoms with Gasteiger partial charge in [0, 0.05) is 10.9 Å². The number of aromatic nitrogens is 1. The number of phenolic OH excluding ortho intramolecular Hbond substituents is 1. The summed E-state index contributed by atoms with van der Waals surface area (Å²) in [6, 6.07) is 4.97. The van der Waals surface area contributed by atoms with Crippen LogP contribution in [0, 0.1) is 0 Å². The standard InChI is InChI=1S/C14H15NO4S/c1-14(2,13(17)18)11-7-20-12(15-11)8-4-5-10(19-3)9(16)6-8/h4-7,16H,1-3H3,(H,17,18). The fourth-order valence-corrected chi connectivity index (χ4v) is 2.61. The Morgan fingerprint density at radius 3 is 2.65 bits per heavy atom. The van der Waals surface area contributed by atoms with Gasteiger partial charge in [0.25, 0.3) is 0 Å². The summed E-state index contributed by atoms with van der Waals surface area (Å²) in [4.78, 5) is 15.6. The highest BCUT2D eigenvalue weighted by atomic mass is 32.1. The van der Waals surface area contributed by atoms with Gasteiger partial charge in [0.1, 0.15) is 10.4 Å². The molecule has 0 amide bonds. The Morgan fingerprint density at radius 1 is 1.40 bits per heavy atom. The summed E-state index contributed by atoms with van der Waals surface area (Å²) >= 11 is 1.34. The van der Waals surface area contributed by atoms with Crippen molar-refractivity contribution in [3.8, 4) is 22.1 Å². The third-order valence-electron chi connectivity index (χ3n) is 3.11. The minimum Gasteiger partial charge on any atom is -0.504 e. The van der Waals surface area contributed by atoms with E-state index >= 15 is 0 Å². The van der Waals surface area contributed by atoms with Crippen molar-refractivity contribution in [1.82, 2.24) is 4.98 Å². The highest BCUT2D eigenvalue weighted by Crippen LogP contribution is 2.34. The van der Waals surface area contributed by atoms with Crippen LogP contribution in [0.25, 0.3) is 10.6 Å². The van der Waals surface area contributed by atoms with E-state index in [2.05, 4.69) is 4.98 Å². The zero-order valence-electron chi connectivity index (χ0n) is 11.4. The number of nitrogens with zero attached hydrogens (tertiary/aromatic N) is 1. The monoisotopic (exact) mass is 293 g/mol. The number of ether oxygens (including phenoxy) is 1. The van der Waals surface area contributed by atoms with Gasteiger partial charge in [-0.3, -0.25) is 4.79 Å². The summed E-state index contributed by atoms with van der Waals surface area (Å²) in [5, 5.41) is 21.3. The van der Waals surface area contributed by atoms with E-state index in [9.17, 15) is 15.0 Å². The molecule has 0 saturated heterocycles. The van der Waals surface area contributed by atoms with E-state index < -0.39 is 11.4 Å². The summed E-state index contributed by atoms with van der Waals surface area (Å²) in [6.07, 6.45) is 0. The van der Waals surface area contributed by atoms with Gasteiger partial charge in [0.05, 0.1) is 12.8 Å².